The Morgan fingerprint density at radius 2 is 1.87 bits per heavy atom. The Hall–Kier alpha value is -2.24. The van der Waals surface area contributed by atoms with Crippen molar-refractivity contribution in [2.45, 2.75) is 13.8 Å². The zero-order valence-electron chi connectivity index (χ0n) is 12.6. The summed E-state index contributed by atoms with van der Waals surface area (Å²) in [7, 11) is 0. The summed E-state index contributed by atoms with van der Waals surface area (Å²) in [5.74, 6) is 0.789. The number of hydrogen-bond acceptors (Lipinski definition) is 5. The van der Waals surface area contributed by atoms with E-state index in [4.69, 9.17) is 11.6 Å². The molecular weight excluding hydrogens is 328 g/mol. The first kappa shape index (κ1) is 14.4. The topological polar surface area (TPSA) is 50.7 Å². The van der Waals surface area contributed by atoms with Gasteiger partial charge in [0.1, 0.15) is 11.2 Å². The van der Waals surface area contributed by atoms with E-state index < -0.39 is 0 Å². The molecule has 0 amide bonds. The van der Waals surface area contributed by atoms with Crippen molar-refractivity contribution in [3.8, 4) is 0 Å². The molecule has 0 saturated heterocycles. The van der Waals surface area contributed by atoms with Gasteiger partial charge in [0, 0.05) is 21.8 Å². The number of pyridine rings is 1. The Bertz CT molecular complexity index is 1020. The van der Waals surface area contributed by atoms with Crippen LogP contribution in [0.2, 0.25) is 5.02 Å². The molecule has 3 aromatic heterocycles. The lowest BCUT2D eigenvalue weighted by Crippen LogP contribution is -1.94. The maximum Gasteiger partial charge on any atom is 0.151 e. The number of aryl methyl sites for hydroxylation is 2. The molecule has 6 heteroatoms. The summed E-state index contributed by atoms with van der Waals surface area (Å²) in [6.07, 6.45) is 1.59. The molecule has 0 atom stereocenters. The van der Waals surface area contributed by atoms with Crippen LogP contribution in [0.1, 0.15) is 11.3 Å². The zero-order valence-corrected chi connectivity index (χ0v) is 14.2. The number of thiophene rings is 1. The van der Waals surface area contributed by atoms with Gasteiger partial charge in [-0.2, -0.15) is 0 Å². The molecule has 0 unspecified atom stereocenters. The fourth-order valence-electron chi connectivity index (χ4n) is 2.67. The fourth-order valence-corrected chi connectivity index (χ4v) is 3.99. The van der Waals surface area contributed by atoms with Crippen LogP contribution in [-0.2, 0) is 0 Å². The quantitative estimate of drug-likeness (QED) is 0.541. The average Bonchev–Trinajstić information content (AvgIpc) is 2.89. The Labute approximate surface area is 142 Å². The van der Waals surface area contributed by atoms with Crippen molar-refractivity contribution in [2.75, 3.05) is 5.32 Å². The molecule has 4 rings (SSSR count). The fraction of sp³-hybridized carbons (Fsp3) is 0.118. The van der Waals surface area contributed by atoms with Gasteiger partial charge in [-0.3, -0.25) is 0 Å². The van der Waals surface area contributed by atoms with Gasteiger partial charge in [0.25, 0.3) is 0 Å². The van der Waals surface area contributed by atoms with Crippen molar-refractivity contribution in [1.29, 1.82) is 0 Å². The molecule has 4 aromatic rings. The lowest BCUT2D eigenvalue weighted by atomic mass is 10.1. The second kappa shape index (κ2) is 5.44. The molecule has 0 fully saturated rings. The smallest absolute Gasteiger partial charge is 0.151 e. The van der Waals surface area contributed by atoms with Gasteiger partial charge < -0.3 is 5.32 Å². The second-order valence-corrected chi connectivity index (χ2v) is 6.83. The number of nitrogens with zero attached hydrogens (tertiary/aromatic N) is 3. The standard InChI is InChI=1S/C17H13ClN4S/c1-9-7-10(2)21-17-13(9)14-15(23-17)16(20-8-19-14)22-12-5-3-11(18)4-6-12/h3-8H,1-2H3,(H,19,20,22). The number of halogens is 1. The van der Waals surface area contributed by atoms with E-state index in [1.54, 1.807) is 17.7 Å². The molecule has 0 saturated carbocycles. The van der Waals surface area contributed by atoms with Crippen LogP contribution in [0.5, 0.6) is 0 Å². The van der Waals surface area contributed by atoms with Crippen molar-refractivity contribution in [3.63, 3.8) is 0 Å². The van der Waals surface area contributed by atoms with Gasteiger partial charge in [-0.15, -0.1) is 11.3 Å². The van der Waals surface area contributed by atoms with E-state index in [1.165, 1.54) is 5.56 Å². The number of rotatable bonds is 2. The summed E-state index contributed by atoms with van der Waals surface area (Å²) in [6, 6.07) is 9.64. The largest absolute Gasteiger partial charge is 0.339 e. The van der Waals surface area contributed by atoms with E-state index in [0.717, 1.165) is 37.6 Å². The van der Waals surface area contributed by atoms with E-state index in [9.17, 15) is 0 Å². The highest BCUT2D eigenvalue weighted by Gasteiger charge is 2.14. The van der Waals surface area contributed by atoms with Crippen LogP contribution in [0.3, 0.4) is 0 Å². The monoisotopic (exact) mass is 340 g/mol. The Morgan fingerprint density at radius 1 is 1.09 bits per heavy atom. The normalized spacial score (nSPS) is 11.3. The summed E-state index contributed by atoms with van der Waals surface area (Å²) in [4.78, 5) is 14.5. The maximum absolute atomic E-state index is 5.94. The summed E-state index contributed by atoms with van der Waals surface area (Å²) in [5.41, 5.74) is 4.09. The molecule has 3 heterocycles. The minimum absolute atomic E-state index is 0.709. The third kappa shape index (κ3) is 2.52. The molecule has 1 aromatic carbocycles. The van der Waals surface area contributed by atoms with Gasteiger partial charge in [0.05, 0.1) is 10.2 Å². The average molecular weight is 341 g/mol. The molecule has 0 radical (unpaired) electrons. The second-order valence-electron chi connectivity index (χ2n) is 5.39. The van der Waals surface area contributed by atoms with Crippen molar-refractivity contribution in [3.05, 3.63) is 52.9 Å². The van der Waals surface area contributed by atoms with Crippen molar-refractivity contribution >= 4 is 54.9 Å². The number of aromatic nitrogens is 3. The molecule has 4 nitrogen and oxygen atoms in total. The maximum atomic E-state index is 5.94. The van der Waals surface area contributed by atoms with Gasteiger partial charge in [0.15, 0.2) is 5.82 Å². The van der Waals surface area contributed by atoms with E-state index in [2.05, 4.69) is 33.3 Å². The number of nitrogens with one attached hydrogen (secondary N) is 1. The molecule has 114 valence electrons. The van der Waals surface area contributed by atoms with E-state index in [-0.39, 0.29) is 0 Å². The molecule has 0 aliphatic carbocycles. The highest BCUT2D eigenvalue weighted by molar-refractivity contribution is 7.26. The van der Waals surface area contributed by atoms with E-state index in [1.807, 2.05) is 31.2 Å². The van der Waals surface area contributed by atoms with E-state index >= 15 is 0 Å². The number of anilines is 2. The Balaban J connectivity index is 1.90. The molecule has 0 aliphatic rings. The summed E-state index contributed by atoms with van der Waals surface area (Å²) in [5, 5.41) is 5.16. The first-order valence-electron chi connectivity index (χ1n) is 7.16. The van der Waals surface area contributed by atoms with Gasteiger partial charge in [-0.1, -0.05) is 11.6 Å². The van der Waals surface area contributed by atoms with Crippen LogP contribution in [0, 0.1) is 13.8 Å². The van der Waals surface area contributed by atoms with Gasteiger partial charge in [-0.25, -0.2) is 15.0 Å². The molecule has 0 bridgehead atoms. The first-order chi connectivity index (χ1) is 11.1. The van der Waals surface area contributed by atoms with Crippen LogP contribution >= 0.6 is 22.9 Å². The lowest BCUT2D eigenvalue weighted by molar-refractivity contribution is 1.22. The van der Waals surface area contributed by atoms with E-state index in [0.29, 0.717) is 5.02 Å². The first-order valence-corrected chi connectivity index (χ1v) is 8.35. The van der Waals surface area contributed by atoms with Crippen molar-refractivity contribution in [1.82, 2.24) is 15.0 Å². The molecule has 23 heavy (non-hydrogen) atoms. The molecule has 0 spiro atoms. The Kier molecular flexibility index (Phi) is 3.39. The summed E-state index contributed by atoms with van der Waals surface area (Å²) in [6.45, 7) is 4.10. The zero-order chi connectivity index (χ0) is 16.0. The minimum Gasteiger partial charge on any atom is -0.339 e. The van der Waals surface area contributed by atoms with Crippen LogP contribution in [0.4, 0.5) is 11.5 Å². The Morgan fingerprint density at radius 3 is 2.65 bits per heavy atom. The number of hydrogen-bond donors (Lipinski definition) is 1. The predicted molar refractivity (Wildman–Crippen MR) is 96.9 cm³/mol. The van der Waals surface area contributed by atoms with Crippen LogP contribution in [0.15, 0.2) is 36.7 Å². The third-order valence-electron chi connectivity index (χ3n) is 3.66. The highest BCUT2D eigenvalue weighted by atomic mass is 35.5. The van der Waals surface area contributed by atoms with Crippen LogP contribution < -0.4 is 5.32 Å². The molecule has 1 N–H and O–H groups in total. The van der Waals surface area contributed by atoms with Gasteiger partial charge in [0.2, 0.25) is 0 Å². The van der Waals surface area contributed by atoms with Gasteiger partial charge in [-0.05, 0) is 49.7 Å². The number of benzene rings is 1. The lowest BCUT2D eigenvalue weighted by Gasteiger charge is -2.06. The predicted octanol–water partition coefficient (Wildman–Crippen LogP) is 5.25. The van der Waals surface area contributed by atoms with Crippen molar-refractivity contribution in [2.24, 2.45) is 0 Å². The highest BCUT2D eigenvalue weighted by Crippen LogP contribution is 2.37. The van der Waals surface area contributed by atoms with Crippen LogP contribution in [-0.4, -0.2) is 15.0 Å². The summed E-state index contributed by atoms with van der Waals surface area (Å²) >= 11 is 7.55. The van der Waals surface area contributed by atoms with Crippen LogP contribution in [0.25, 0.3) is 20.4 Å². The molecule has 0 aliphatic heterocycles. The number of fused-ring (bicyclic) bond motifs is 3. The minimum atomic E-state index is 0.709. The summed E-state index contributed by atoms with van der Waals surface area (Å²) < 4.78 is 1.01. The molecular formula is C17H13ClN4S. The van der Waals surface area contributed by atoms with Crippen molar-refractivity contribution < 1.29 is 0 Å². The SMILES string of the molecule is Cc1cc(C)c2c(n1)sc1c(Nc3ccc(Cl)cc3)ncnc12. The van der Waals surface area contributed by atoms with Gasteiger partial charge >= 0.3 is 0 Å². The third-order valence-corrected chi connectivity index (χ3v) is 4.99.